The minimum absolute atomic E-state index is 0.179. The maximum absolute atomic E-state index is 12.4. The maximum Gasteiger partial charge on any atom is 0.215 e. The van der Waals surface area contributed by atoms with E-state index in [4.69, 9.17) is 4.74 Å². The molecule has 0 radical (unpaired) electrons. The molecule has 0 spiro atoms. The third-order valence-corrected chi connectivity index (χ3v) is 5.94. The highest BCUT2D eigenvalue weighted by Gasteiger charge is 2.14. The first-order chi connectivity index (χ1) is 11.6. The van der Waals surface area contributed by atoms with Gasteiger partial charge in [0, 0.05) is 11.0 Å². The molecule has 0 aliphatic carbocycles. The molecular weight excluding hydrogens is 336 g/mol. The lowest BCUT2D eigenvalue weighted by molar-refractivity contribution is -0.107. The van der Waals surface area contributed by atoms with Crippen molar-refractivity contribution in [3.05, 3.63) is 41.5 Å². The van der Waals surface area contributed by atoms with Crippen LogP contribution in [0.25, 0.3) is 0 Å². The number of thioether (sulfide) groups is 1. The van der Waals surface area contributed by atoms with Crippen molar-refractivity contribution >= 4 is 29.5 Å². The third-order valence-electron chi connectivity index (χ3n) is 3.98. The van der Waals surface area contributed by atoms with Crippen LogP contribution >= 0.6 is 24.4 Å². The Kier molecular flexibility index (Phi) is 11.0. The maximum atomic E-state index is 12.4. The van der Waals surface area contributed by atoms with Gasteiger partial charge in [-0.3, -0.25) is 4.79 Å². The molecule has 1 rings (SSSR count). The minimum Gasteiger partial charge on any atom is -0.497 e. The van der Waals surface area contributed by atoms with E-state index in [0.29, 0.717) is 5.25 Å². The van der Waals surface area contributed by atoms with Gasteiger partial charge in [-0.15, -0.1) is 0 Å². The summed E-state index contributed by atoms with van der Waals surface area (Å²) < 4.78 is 5.16. The Labute approximate surface area is 156 Å². The van der Waals surface area contributed by atoms with Gasteiger partial charge in [0.05, 0.1) is 7.11 Å². The molecule has 0 aliphatic rings. The highest BCUT2D eigenvalue weighted by molar-refractivity contribution is 8.15. The largest absolute Gasteiger partial charge is 0.497 e. The number of hydrogen-bond acceptors (Lipinski definition) is 4. The summed E-state index contributed by atoms with van der Waals surface area (Å²) in [6.07, 6.45) is 8.82. The summed E-state index contributed by atoms with van der Waals surface area (Å²) in [5.41, 5.74) is 2.01. The van der Waals surface area contributed by atoms with Gasteiger partial charge in [0.25, 0.3) is 0 Å². The predicted molar refractivity (Wildman–Crippen MR) is 109 cm³/mol. The topological polar surface area (TPSA) is 26.3 Å². The molecule has 0 amide bonds. The smallest absolute Gasteiger partial charge is 0.215 e. The van der Waals surface area contributed by atoms with Gasteiger partial charge in [0.1, 0.15) is 5.75 Å². The van der Waals surface area contributed by atoms with Crippen molar-refractivity contribution in [1.82, 2.24) is 0 Å². The molecule has 134 valence electrons. The average Bonchev–Trinajstić information content (AvgIpc) is 2.62. The Morgan fingerprint density at radius 3 is 2.54 bits per heavy atom. The summed E-state index contributed by atoms with van der Waals surface area (Å²) in [5.74, 6) is 1.61. The molecule has 0 saturated carbocycles. The Bertz CT molecular complexity index is 509. The average molecular weight is 367 g/mol. The zero-order valence-electron chi connectivity index (χ0n) is 15.1. The van der Waals surface area contributed by atoms with E-state index in [1.54, 1.807) is 7.11 Å². The van der Waals surface area contributed by atoms with Crippen molar-refractivity contribution in [2.75, 3.05) is 12.9 Å². The van der Waals surface area contributed by atoms with Crippen LogP contribution in [0, 0.1) is 0 Å². The lowest BCUT2D eigenvalue weighted by Gasteiger charge is -2.13. The number of benzene rings is 1. The van der Waals surface area contributed by atoms with Gasteiger partial charge in [-0.25, -0.2) is 0 Å². The molecule has 1 unspecified atom stereocenters. The van der Waals surface area contributed by atoms with Crippen LogP contribution in [0.2, 0.25) is 0 Å². The second kappa shape index (κ2) is 12.5. The number of thiol groups is 1. The molecule has 1 aromatic rings. The summed E-state index contributed by atoms with van der Waals surface area (Å²) in [6, 6.07) is 7.96. The molecule has 0 aliphatic heterocycles. The van der Waals surface area contributed by atoms with Gasteiger partial charge in [-0.2, -0.15) is 12.6 Å². The number of unbranched alkanes of at least 4 members (excludes halogenated alkanes) is 3. The van der Waals surface area contributed by atoms with Crippen LogP contribution in [0.4, 0.5) is 0 Å². The van der Waals surface area contributed by atoms with Crippen molar-refractivity contribution in [2.45, 2.75) is 57.6 Å². The Morgan fingerprint density at radius 2 is 1.96 bits per heavy atom. The lowest BCUT2D eigenvalue weighted by atomic mass is 10.1. The van der Waals surface area contributed by atoms with Crippen LogP contribution in [0.15, 0.2) is 35.9 Å². The van der Waals surface area contributed by atoms with Crippen LogP contribution in [-0.4, -0.2) is 23.2 Å². The zero-order chi connectivity index (χ0) is 17.8. The van der Waals surface area contributed by atoms with Crippen molar-refractivity contribution in [2.24, 2.45) is 0 Å². The Morgan fingerprint density at radius 1 is 1.25 bits per heavy atom. The number of methoxy groups -OCH3 is 1. The molecule has 0 N–H and O–H groups in total. The van der Waals surface area contributed by atoms with E-state index in [1.165, 1.54) is 43.0 Å². The Balaban J connectivity index is 2.45. The highest BCUT2D eigenvalue weighted by Crippen LogP contribution is 2.23. The van der Waals surface area contributed by atoms with Crippen LogP contribution in [0.5, 0.6) is 5.75 Å². The van der Waals surface area contributed by atoms with E-state index in [2.05, 4.69) is 19.6 Å². The fourth-order valence-electron chi connectivity index (χ4n) is 2.35. The van der Waals surface area contributed by atoms with Crippen LogP contribution < -0.4 is 4.74 Å². The van der Waals surface area contributed by atoms with Crippen molar-refractivity contribution in [3.63, 3.8) is 0 Å². The van der Waals surface area contributed by atoms with E-state index in [1.807, 2.05) is 37.3 Å². The summed E-state index contributed by atoms with van der Waals surface area (Å²) >= 11 is 5.86. The van der Waals surface area contributed by atoms with Gasteiger partial charge in [0.15, 0.2) is 0 Å². The second-order valence-electron chi connectivity index (χ2n) is 6.00. The first-order valence-electron chi connectivity index (χ1n) is 8.72. The highest BCUT2D eigenvalue weighted by atomic mass is 32.2. The number of carbonyl (C=O) groups is 1. The van der Waals surface area contributed by atoms with Gasteiger partial charge in [0.2, 0.25) is 5.12 Å². The molecule has 0 bridgehead atoms. The van der Waals surface area contributed by atoms with Gasteiger partial charge in [-0.1, -0.05) is 62.6 Å². The SMILES string of the molecule is CCCCCCC(CS)SC(=O)/C(C)=C/Cc1ccc(OC)cc1. The molecule has 2 nitrogen and oxygen atoms in total. The molecule has 0 saturated heterocycles. The standard InChI is InChI=1S/C20H30O2S2/c1-4-5-6-7-8-19(15-23)24-20(21)16(2)9-10-17-11-13-18(22-3)14-12-17/h9,11-14,19,23H,4-8,10,15H2,1-3H3/b16-9+. The van der Waals surface area contributed by atoms with E-state index in [0.717, 1.165) is 29.9 Å². The number of hydrogen-bond donors (Lipinski definition) is 1. The molecule has 1 atom stereocenters. The lowest BCUT2D eigenvalue weighted by Crippen LogP contribution is -2.09. The molecule has 0 heterocycles. The van der Waals surface area contributed by atoms with E-state index in [9.17, 15) is 4.79 Å². The molecule has 1 aromatic carbocycles. The fourth-order valence-corrected chi connectivity index (χ4v) is 3.68. The molecule has 0 fully saturated rings. The van der Waals surface area contributed by atoms with Crippen LogP contribution in [0.3, 0.4) is 0 Å². The van der Waals surface area contributed by atoms with Crippen molar-refractivity contribution < 1.29 is 9.53 Å². The number of rotatable bonds is 11. The summed E-state index contributed by atoms with van der Waals surface area (Å²) in [6.45, 7) is 4.12. The predicted octanol–water partition coefficient (Wildman–Crippen LogP) is 5.71. The van der Waals surface area contributed by atoms with Crippen LogP contribution in [-0.2, 0) is 11.2 Å². The van der Waals surface area contributed by atoms with E-state index in [-0.39, 0.29) is 5.12 Å². The summed E-state index contributed by atoms with van der Waals surface area (Å²) in [7, 11) is 1.66. The molecule has 4 heteroatoms. The van der Waals surface area contributed by atoms with Gasteiger partial charge in [-0.05, 0) is 43.0 Å². The van der Waals surface area contributed by atoms with E-state index >= 15 is 0 Å². The zero-order valence-corrected chi connectivity index (χ0v) is 16.8. The molecular formula is C20H30O2S2. The first kappa shape index (κ1) is 21.2. The summed E-state index contributed by atoms with van der Waals surface area (Å²) in [5, 5.41) is 0.500. The summed E-state index contributed by atoms with van der Waals surface area (Å²) in [4.78, 5) is 12.4. The fraction of sp³-hybridized carbons (Fsp3) is 0.550. The monoisotopic (exact) mass is 366 g/mol. The van der Waals surface area contributed by atoms with Gasteiger partial charge < -0.3 is 4.74 Å². The first-order valence-corrected chi connectivity index (χ1v) is 10.2. The number of ether oxygens (including phenoxy) is 1. The van der Waals surface area contributed by atoms with Crippen molar-refractivity contribution in [3.8, 4) is 5.75 Å². The molecule has 0 aromatic heterocycles. The number of allylic oxidation sites excluding steroid dienone is 1. The minimum atomic E-state index is 0.179. The molecule has 24 heavy (non-hydrogen) atoms. The Hall–Kier alpha value is -0.870. The van der Waals surface area contributed by atoms with Gasteiger partial charge >= 0.3 is 0 Å². The second-order valence-corrected chi connectivity index (χ2v) is 7.64. The number of carbonyl (C=O) groups excluding carboxylic acids is 1. The normalized spacial score (nSPS) is 12.9. The quantitative estimate of drug-likeness (QED) is 0.308. The van der Waals surface area contributed by atoms with E-state index < -0.39 is 0 Å². The van der Waals surface area contributed by atoms with Crippen molar-refractivity contribution in [1.29, 1.82) is 0 Å². The third kappa shape index (κ3) is 8.29. The van der Waals surface area contributed by atoms with Crippen LogP contribution in [0.1, 0.15) is 51.5 Å².